The molecule has 0 aromatic heterocycles. The Kier molecular flexibility index (Phi) is 1.97. The highest BCUT2D eigenvalue weighted by Gasteiger charge is 2.47. The van der Waals surface area contributed by atoms with Crippen molar-refractivity contribution in [1.82, 2.24) is 5.48 Å². The van der Waals surface area contributed by atoms with Crippen LogP contribution in [-0.2, 0) is 4.84 Å². The van der Waals surface area contributed by atoms with E-state index in [9.17, 15) is 0 Å². The number of hydroxylamine groups is 1. The van der Waals surface area contributed by atoms with Gasteiger partial charge in [-0.25, -0.2) is 0 Å². The molecular formula is C12H16N2O. The summed E-state index contributed by atoms with van der Waals surface area (Å²) in [7, 11) is 0. The zero-order chi connectivity index (χ0) is 10.3. The van der Waals surface area contributed by atoms with Gasteiger partial charge in [-0.1, -0.05) is 18.2 Å². The van der Waals surface area contributed by atoms with E-state index in [-0.39, 0.29) is 5.54 Å². The van der Waals surface area contributed by atoms with Gasteiger partial charge >= 0.3 is 0 Å². The van der Waals surface area contributed by atoms with Gasteiger partial charge in [0.05, 0.1) is 12.1 Å². The van der Waals surface area contributed by atoms with Crippen LogP contribution in [0.25, 0.3) is 0 Å². The number of hydrogen-bond donors (Lipinski definition) is 1. The molecule has 80 valence electrons. The number of benzene rings is 1. The molecule has 1 aromatic rings. The van der Waals surface area contributed by atoms with Crippen molar-refractivity contribution in [3.63, 3.8) is 0 Å². The van der Waals surface area contributed by atoms with Crippen molar-refractivity contribution < 1.29 is 4.84 Å². The van der Waals surface area contributed by atoms with Crippen molar-refractivity contribution in [2.24, 2.45) is 5.92 Å². The fourth-order valence-electron chi connectivity index (χ4n) is 2.55. The maximum absolute atomic E-state index is 5.32. The molecule has 2 aliphatic rings. The molecule has 0 radical (unpaired) electrons. The third-order valence-corrected chi connectivity index (χ3v) is 3.57. The standard InChI is InChI=1S/C12H16N2O/c1-12-9-14(7-10(12)8-15-13-12)11-5-3-2-4-6-11/h2-6,10,13H,7-9H2,1H3/t10-,12-/m0/s1. The average Bonchev–Trinajstić information content (AvgIpc) is 2.74. The van der Waals surface area contributed by atoms with Crippen LogP contribution >= 0.6 is 0 Å². The first-order chi connectivity index (χ1) is 7.28. The number of anilines is 1. The van der Waals surface area contributed by atoms with Gasteiger partial charge in [0.15, 0.2) is 0 Å². The summed E-state index contributed by atoms with van der Waals surface area (Å²) in [6.07, 6.45) is 0. The molecule has 0 unspecified atom stereocenters. The van der Waals surface area contributed by atoms with Gasteiger partial charge < -0.3 is 9.74 Å². The Morgan fingerprint density at radius 3 is 2.93 bits per heavy atom. The second-order valence-corrected chi connectivity index (χ2v) is 4.74. The number of rotatable bonds is 1. The zero-order valence-electron chi connectivity index (χ0n) is 8.94. The lowest BCUT2D eigenvalue weighted by Gasteiger charge is -2.23. The van der Waals surface area contributed by atoms with E-state index in [4.69, 9.17) is 4.84 Å². The Morgan fingerprint density at radius 1 is 1.40 bits per heavy atom. The SMILES string of the molecule is C[C@]12CN(c3ccccc3)C[C@H]1CON2. The lowest BCUT2D eigenvalue weighted by Crippen LogP contribution is -2.42. The van der Waals surface area contributed by atoms with Crippen LogP contribution in [0.5, 0.6) is 0 Å². The van der Waals surface area contributed by atoms with Crippen LogP contribution in [0.4, 0.5) is 5.69 Å². The van der Waals surface area contributed by atoms with Crippen molar-refractivity contribution in [2.75, 3.05) is 24.6 Å². The Bertz CT molecular complexity index is 354. The second-order valence-electron chi connectivity index (χ2n) is 4.74. The van der Waals surface area contributed by atoms with E-state index < -0.39 is 0 Å². The molecule has 2 atom stereocenters. The quantitative estimate of drug-likeness (QED) is 0.748. The summed E-state index contributed by atoms with van der Waals surface area (Å²) in [6, 6.07) is 10.6. The lowest BCUT2D eigenvalue weighted by atomic mass is 9.92. The van der Waals surface area contributed by atoms with E-state index in [0.717, 1.165) is 19.7 Å². The molecule has 0 amide bonds. The predicted molar refractivity (Wildman–Crippen MR) is 59.6 cm³/mol. The van der Waals surface area contributed by atoms with Crippen molar-refractivity contribution >= 4 is 5.69 Å². The van der Waals surface area contributed by atoms with Crippen molar-refractivity contribution in [3.05, 3.63) is 30.3 Å². The monoisotopic (exact) mass is 204 g/mol. The molecule has 1 aromatic carbocycles. The molecule has 2 fully saturated rings. The largest absolute Gasteiger partial charge is 0.369 e. The van der Waals surface area contributed by atoms with Crippen LogP contribution in [0.3, 0.4) is 0 Å². The summed E-state index contributed by atoms with van der Waals surface area (Å²) in [5, 5.41) is 0. The Balaban J connectivity index is 1.82. The van der Waals surface area contributed by atoms with Crippen molar-refractivity contribution in [2.45, 2.75) is 12.5 Å². The number of para-hydroxylation sites is 1. The first-order valence-electron chi connectivity index (χ1n) is 5.47. The molecule has 3 nitrogen and oxygen atoms in total. The van der Waals surface area contributed by atoms with Gasteiger partial charge in [-0.15, -0.1) is 0 Å². The highest BCUT2D eigenvalue weighted by Crippen LogP contribution is 2.34. The Labute approximate surface area is 90.0 Å². The minimum Gasteiger partial charge on any atom is -0.369 e. The van der Waals surface area contributed by atoms with Crippen LogP contribution in [0.15, 0.2) is 30.3 Å². The Hall–Kier alpha value is -1.06. The second kappa shape index (κ2) is 3.22. The minimum atomic E-state index is 0.135. The number of nitrogens with zero attached hydrogens (tertiary/aromatic N) is 1. The first kappa shape index (κ1) is 9.19. The van der Waals surface area contributed by atoms with Gasteiger partial charge in [0.1, 0.15) is 0 Å². The average molecular weight is 204 g/mol. The van der Waals surface area contributed by atoms with Gasteiger partial charge in [0.25, 0.3) is 0 Å². The molecule has 2 saturated heterocycles. The van der Waals surface area contributed by atoms with E-state index in [0.29, 0.717) is 5.92 Å². The van der Waals surface area contributed by atoms with Crippen LogP contribution in [0.1, 0.15) is 6.92 Å². The first-order valence-corrected chi connectivity index (χ1v) is 5.47. The molecular weight excluding hydrogens is 188 g/mol. The number of hydrogen-bond acceptors (Lipinski definition) is 3. The van der Waals surface area contributed by atoms with Crippen LogP contribution in [-0.4, -0.2) is 25.2 Å². The van der Waals surface area contributed by atoms with Crippen LogP contribution in [0.2, 0.25) is 0 Å². The van der Waals surface area contributed by atoms with Crippen molar-refractivity contribution in [3.8, 4) is 0 Å². The zero-order valence-corrected chi connectivity index (χ0v) is 8.94. The fourth-order valence-corrected chi connectivity index (χ4v) is 2.55. The van der Waals surface area contributed by atoms with E-state index in [1.165, 1.54) is 5.69 Å². The van der Waals surface area contributed by atoms with Gasteiger partial charge in [0, 0.05) is 24.7 Å². The fraction of sp³-hybridized carbons (Fsp3) is 0.500. The molecule has 1 N–H and O–H groups in total. The van der Waals surface area contributed by atoms with E-state index in [2.05, 4.69) is 47.6 Å². The van der Waals surface area contributed by atoms with Gasteiger partial charge in [-0.3, -0.25) is 0 Å². The summed E-state index contributed by atoms with van der Waals surface area (Å²) in [5.74, 6) is 0.609. The molecule has 0 aliphatic carbocycles. The van der Waals surface area contributed by atoms with Crippen molar-refractivity contribution in [1.29, 1.82) is 0 Å². The summed E-state index contributed by atoms with van der Waals surface area (Å²) in [6.45, 7) is 5.20. The smallest absolute Gasteiger partial charge is 0.0746 e. The number of nitrogens with one attached hydrogen (secondary N) is 1. The van der Waals surface area contributed by atoms with Gasteiger partial charge in [-0.2, -0.15) is 5.48 Å². The molecule has 0 saturated carbocycles. The highest BCUT2D eigenvalue weighted by atomic mass is 16.7. The predicted octanol–water partition coefficient (Wildman–Crippen LogP) is 1.42. The van der Waals surface area contributed by atoms with E-state index in [1.807, 2.05) is 0 Å². The molecule has 0 spiro atoms. The van der Waals surface area contributed by atoms with E-state index >= 15 is 0 Å². The third-order valence-electron chi connectivity index (χ3n) is 3.57. The molecule has 3 heteroatoms. The van der Waals surface area contributed by atoms with Crippen LogP contribution in [0, 0.1) is 5.92 Å². The van der Waals surface area contributed by atoms with E-state index in [1.54, 1.807) is 0 Å². The summed E-state index contributed by atoms with van der Waals surface area (Å²) in [4.78, 5) is 7.75. The third kappa shape index (κ3) is 1.43. The molecule has 2 aliphatic heterocycles. The summed E-state index contributed by atoms with van der Waals surface area (Å²) >= 11 is 0. The van der Waals surface area contributed by atoms with Gasteiger partial charge in [0.2, 0.25) is 0 Å². The highest BCUT2D eigenvalue weighted by molar-refractivity contribution is 5.48. The summed E-state index contributed by atoms with van der Waals surface area (Å²) in [5.41, 5.74) is 4.60. The summed E-state index contributed by atoms with van der Waals surface area (Å²) < 4.78 is 0. The molecule has 2 heterocycles. The molecule has 0 bridgehead atoms. The molecule has 3 rings (SSSR count). The maximum atomic E-state index is 5.32. The topological polar surface area (TPSA) is 24.5 Å². The number of fused-ring (bicyclic) bond motifs is 1. The Morgan fingerprint density at radius 2 is 2.20 bits per heavy atom. The molecule has 15 heavy (non-hydrogen) atoms. The van der Waals surface area contributed by atoms with Crippen LogP contribution < -0.4 is 10.4 Å². The normalized spacial score (nSPS) is 34.5. The maximum Gasteiger partial charge on any atom is 0.0746 e. The van der Waals surface area contributed by atoms with Gasteiger partial charge in [-0.05, 0) is 19.1 Å². The lowest BCUT2D eigenvalue weighted by molar-refractivity contribution is 0.0669. The minimum absolute atomic E-state index is 0.135.